The number of allylic oxidation sites excluding steroid dienone is 1. The summed E-state index contributed by atoms with van der Waals surface area (Å²) in [6.45, 7) is 1.73. The van der Waals surface area contributed by atoms with Crippen LogP contribution >= 0.6 is 15.9 Å². The van der Waals surface area contributed by atoms with Gasteiger partial charge in [-0.2, -0.15) is 0 Å². The molecule has 0 nitrogen and oxygen atoms in total. The molecule has 0 amide bonds. The molecule has 0 N–H and O–H groups in total. The van der Waals surface area contributed by atoms with Gasteiger partial charge in [0.2, 0.25) is 0 Å². The van der Waals surface area contributed by atoms with Crippen molar-refractivity contribution < 1.29 is 4.39 Å². The molecule has 0 fully saturated rings. The lowest BCUT2D eigenvalue weighted by atomic mass is 10.5. The summed E-state index contributed by atoms with van der Waals surface area (Å²) in [5.41, 5.74) is 0. The van der Waals surface area contributed by atoms with Crippen molar-refractivity contribution in [1.29, 1.82) is 0 Å². The zero-order valence-corrected chi connectivity index (χ0v) is 5.05. The molecule has 6 heavy (non-hydrogen) atoms. The number of hydrogen-bond donors (Lipinski definition) is 0. The predicted octanol–water partition coefficient (Wildman–Crippen LogP) is 2.41. The van der Waals surface area contributed by atoms with E-state index < -0.39 is 0 Å². The van der Waals surface area contributed by atoms with Gasteiger partial charge in [0.25, 0.3) is 0 Å². The fourth-order valence-electron chi connectivity index (χ4n) is 0.0668. The molecule has 0 aromatic heterocycles. The van der Waals surface area contributed by atoms with Gasteiger partial charge in [-0.1, -0.05) is 6.92 Å². The van der Waals surface area contributed by atoms with Gasteiger partial charge in [-0.25, -0.2) is 4.39 Å². The zero-order chi connectivity index (χ0) is 4.99. The maximum atomic E-state index is 11.6. The standard InChI is InChI=1S/C4H5BrF/c1-2-4(6)3-5/h2H2,1H3. The van der Waals surface area contributed by atoms with Gasteiger partial charge in [-0.05, 0) is 22.4 Å². The molecule has 0 bridgehead atoms. The van der Waals surface area contributed by atoms with E-state index in [0.717, 1.165) is 0 Å². The fraction of sp³-hybridized carbons (Fsp3) is 0.500. The molecule has 0 heterocycles. The van der Waals surface area contributed by atoms with E-state index in [2.05, 4.69) is 20.9 Å². The Labute approximate surface area is 45.2 Å². The SMILES string of the molecule is CC/C(F)=[C]\Br. The van der Waals surface area contributed by atoms with Crippen LogP contribution in [0.4, 0.5) is 4.39 Å². The van der Waals surface area contributed by atoms with Gasteiger partial charge in [-0.15, -0.1) is 0 Å². The average molecular weight is 152 g/mol. The largest absolute Gasteiger partial charge is 0.211 e. The van der Waals surface area contributed by atoms with E-state index in [1.807, 2.05) is 0 Å². The van der Waals surface area contributed by atoms with Crippen molar-refractivity contribution in [3.8, 4) is 0 Å². The number of hydrogen-bond acceptors (Lipinski definition) is 0. The van der Waals surface area contributed by atoms with Gasteiger partial charge in [0.1, 0.15) is 5.83 Å². The molecule has 0 aromatic rings. The highest BCUT2D eigenvalue weighted by molar-refractivity contribution is 9.10. The van der Waals surface area contributed by atoms with Gasteiger partial charge in [-0.3, -0.25) is 0 Å². The number of rotatable bonds is 1. The van der Waals surface area contributed by atoms with Crippen molar-refractivity contribution >= 4 is 15.9 Å². The smallest absolute Gasteiger partial charge is 0.115 e. The lowest BCUT2D eigenvalue weighted by Gasteiger charge is -1.77. The molecule has 0 atom stereocenters. The van der Waals surface area contributed by atoms with E-state index in [1.54, 1.807) is 6.92 Å². The second-order valence-electron chi connectivity index (χ2n) is 0.853. The van der Waals surface area contributed by atoms with Gasteiger partial charge < -0.3 is 0 Å². The van der Waals surface area contributed by atoms with E-state index >= 15 is 0 Å². The Morgan fingerprint density at radius 1 is 2.00 bits per heavy atom. The van der Waals surface area contributed by atoms with Gasteiger partial charge in [0.05, 0.1) is 4.99 Å². The topological polar surface area (TPSA) is 0 Å². The van der Waals surface area contributed by atoms with Crippen molar-refractivity contribution in [3.63, 3.8) is 0 Å². The van der Waals surface area contributed by atoms with E-state index in [0.29, 0.717) is 6.42 Å². The Kier molecular flexibility index (Phi) is 3.43. The van der Waals surface area contributed by atoms with Crippen molar-refractivity contribution in [2.75, 3.05) is 0 Å². The third-order valence-corrected chi connectivity index (χ3v) is 0.843. The molecule has 1 radical (unpaired) electrons. The van der Waals surface area contributed by atoms with Crippen LogP contribution in [0, 0.1) is 4.99 Å². The summed E-state index contributed by atoms with van der Waals surface area (Å²) in [7, 11) is 0. The van der Waals surface area contributed by atoms with E-state index in [-0.39, 0.29) is 5.83 Å². The summed E-state index contributed by atoms with van der Waals surface area (Å²) < 4.78 is 11.6. The van der Waals surface area contributed by atoms with E-state index in [9.17, 15) is 4.39 Å². The highest BCUT2D eigenvalue weighted by Crippen LogP contribution is 2.01. The maximum absolute atomic E-state index is 11.6. The first-order chi connectivity index (χ1) is 2.81. The zero-order valence-electron chi connectivity index (χ0n) is 3.46. The van der Waals surface area contributed by atoms with Crippen LogP contribution < -0.4 is 0 Å². The quantitative estimate of drug-likeness (QED) is 0.541. The Balaban J connectivity index is 3.22. The molecule has 0 saturated carbocycles. The molecular formula is C4H5BrF. The van der Waals surface area contributed by atoms with Crippen LogP contribution in [0.3, 0.4) is 0 Å². The lowest BCUT2D eigenvalue weighted by Crippen LogP contribution is -1.59. The average Bonchev–Trinajstić information content (AvgIpc) is 1.65. The van der Waals surface area contributed by atoms with Crippen LogP contribution in [-0.2, 0) is 0 Å². The van der Waals surface area contributed by atoms with Crippen molar-refractivity contribution in [3.05, 3.63) is 10.8 Å². The summed E-state index contributed by atoms with van der Waals surface area (Å²) in [5, 5.41) is 0. The molecule has 0 rings (SSSR count). The molecule has 0 spiro atoms. The number of halogens is 2. The molecule has 0 unspecified atom stereocenters. The van der Waals surface area contributed by atoms with Crippen LogP contribution in [0.5, 0.6) is 0 Å². The normalized spacial score (nSPS) is 12.2. The summed E-state index contributed by atoms with van der Waals surface area (Å²) >= 11 is 2.71. The lowest BCUT2D eigenvalue weighted by molar-refractivity contribution is 0.604. The van der Waals surface area contributed by atoms with Crippen LogP contribution in [0.1, 0.15) is 13.3 Å². The van der Waals surface area contributed by atoms with Crippen LogP contribution in [0.2, 0.25) is 0 Å². The molecular weight excluding hydrogens is 147 g/mol. The van der Waals surface area contributed by atoms with Gasteiger partial charge in [0, 0.05) is 0 Å². The minimum atomic E-state index is -0.241. The highest BCUT2D eigenvalue weighted by Gasteiger charge is 1.81. The third-order valence-electron chi connectivity index (χ3n) is 0.413. The Morgan fingerprint density at radius 2 is 2.50 bits per heavy atom. The van der Waals surface area contributed by atoms with Crippen LogP contribution in [0.15, 0.2) is 5.83 Å². The molecule has 0 aliphatic heterocycles. The van der Waals surface area contributed by atoms with Crippen molar-refractivity contribution in [2.24, 2.45) is 0 Å². The molecule has 0 aromatic carbocycles. The second kappa shape index (κ2) is 3.34. The summed E-state index contributed by atoms with van der Waals surface area (Å²) in [6.07, 6.45) is 0.422. The predicted molar refractivity (Wildman–Crippen MR) is 27.1 cm³/mol. The summed E-state index contributed by atoms with van der Waals surface area (Å²) in [4.78, 5) is 2.18. The Bertz CT molecular complexity index is 58.6. The van der Waals surface area contributed by atoms with E-state index in [4.69, 9.17) is 0 Å². The fourth-order valence-corrected chi connectivity index (χ4v) is 0.347. The summed E-state index contributed by atoms with van der Waals surface area (Å²) in [5.74, 6) is -0.241. The molecule has 2 heteroatoms. The monoisotopic (exact) mass is 151 g/mol. The van der Waals surface area contributed by atoms with Gasteiger partial charge in [0.15, 0.2) is 0 Å². The molecule has 0 saturated heterocycles. The first kappa shape index (κ1) is 6.15. The second-order valence-corrected chi connectivity index (χ2v) is 1.25. The highest BCUT2D eigenvalue weighted by atomic mass is 79.9. The maximum Gasteiger partial charge on any atom is 0.115 e. The van der Waals surface area contributed by atoms with Crippen molar-refractivity contribution in [1.82, 2.24) is 0 Å². The molecule has 0 aliphatic carbocycles. The Hall–Kier alpha value is 0.150. The molecule has 35 valence electrons. The Morgan fingerprint density at radius 3 is 2.50 bits per heavy atom. The minimum absolute atomic E-state index is 0.241. The molecule has 0 aliphatic rings. The third kappa shape index (κ3) is 2.39. The summed E-state index contributed by atoms with van der Waals surface area (Å²) in [6, 6.07) is 0. The van der Waals surface area contributed by atoms with Crippen LogP contribution in [0.25, 0.3) is 0 Å². The van der Waals surface area contributed by atoms with E-state index in [1.165, 1.54) is 0 Å². The van der Waals surface area contributed by atoms with Crippen LogP contribution in [-0.4, -0.2) is 0 Å². The first-order valence-electron chi connectivity index (χ1n) is 1.69. The minimum Gasteiger partial charge on any atom is -0.211 e. The van der Waals surface area contributed by atoms with Gasteiger partial charge >= 0.3 is 0 Å². The first-order valence-corrected chi connectivity index (χ1v) is 2.48. The van der Waals surface area contributed by atoms with Crippen molar-refractivity contribution in [2.45, 2.75) is 13.3 Å².